The molecule has 1 unspecified atom stereocenters. The van der Waals surface area contributed by atoms with E-state index in [4.69, 9.17) is 5.11 Å². The number of thioether (sulfide) groups is 1. The normalized spacial score (nSPS) is 13.2. The summed E-state index contributed by atoms with van der Waals surface area (Å²) in [5.74, 6) is 2.00. The van der Waals surface area contributed by atoms with Crippen LogP contribution < -0.4 is 5.32 Å². The van der Waals surface area contributed by atoms with E-state index in [1.807, 2.05) is 11.8 Å². The SMILES string of the molecule is CCCNC(CCC)CSCCO. The van der Waals surface area contributed by atoms with Gasteiger partial charge in [0.2, 0.25) is 0 Å². The van der Waals surface area contributed by atoms with Crippen molar-refractivity contribution in [2.24, 2.45) is 0 Å². The highest BCUT2D eigenvalue weighted by atomic mass is 32.2. The molecule has 2 nitrogen and oxygen atoms in total. The number of hydrogen-bond acceptors (Lipinski definition) is 3. The van der Waals surface area contributed by atoms with E-state index in [0.717, 1.165) is 18.1 Å². The second-order valence-corrected chi connectivity index (χ2v) is 4.39. The predicted molar refractivity (Wildman–Crippen MR) is 61.4 cm³/mol. The summed E-state index contributed by atoms with van der Waals surface area (Å²) in [6, 6.07) is 0.640. The van der Waals surface area contributed by atoms with Crippen molar-refractivity contribution in [3.63, 3.8) is 0 Å². The van der Waals surface area contributed by atoms with E-state index in [-0.39, 0.29) is 0 Å². The molecule has 0 aliphatic heterocycles. The molecule has 0 fully saturated rings. The Morgan fingerprint density at radius 3 is 2.62 bits per heavy atom. The van der Waals surface area contributed by atoms with Gasteiger partial charge in [0, 0.05) is 17.5 Å². The van der Waals surface area contributed by atoms with Crippen LogP contribution in [0.15, 0.2) is 0 Å². The van der Waals surface area contributed by atoms with Crippen molar-refractivity contribution in [3.05, 3.63) is 0 Å². The summed E-state index contributed by atoms with van der Waals surface area (Å²) >= 11 is 1.84. The number of rotatable bonds is 9. The summed E-state index contributed by atoms with van der Waals surface area (Å²) in [6.45, 7) is 5.83. The molecule has 0 aliphatic rings. The molecule has 0 rings (SSSR count). The summed E-state index contributed by atoms with van der Waals surface area (Å²) in [6.07, 6.45) is 3.68. The van der Waals surface area contributed by atoms with Gasteiger partial charge in [-0.3, -0.25) is 0 Å². The molecule has 13 heavy (non-hydrogen) atoms. The van der Waals surface area contributed by atoms with Gasteiger partial charge in [0.15, 0.2) is 0 Å². The summed E-state index contributed by atoms with van der Waals surface area (Å²) in [5, 5.41) is 12.2. The first-order chi connectivity index (χ1) is 6.35. The van der Waals surface area contributed by atoms with Crippen molar-refractivity contribution in [1.82, 2.24) is 5.32 Å². The molecule has 0 radical (unpaired) electrons. The van der Waals surface area contributed by atoms with Crippen LogP contribution >= 0.6 is 11.8 Å². The molecule has 0 spiro atoms. The van der Waals surface area contributed by atoms with Crippen molar-refractivity contribution < 1.29 is 5.11 Å². The Morgan fingerprint density at radius 2 is 2.08 bits per heavy atom. The molecule has 0 aromatic rings. The highest BCUT2D eigenvalue weighted by Gasteiger charge is 2.05. The third-order valence-electron chi connectivity index (χ3n) is 1.87. The van der Waals surface area contributed by atoms with Crippen molar-refractivity contribution in [2.45, 2.75) is 39.2 Å². The van der Waals surface area contributed by atoms with Crippen LogP contribution in [0, 0.1) is 0 Å². The minimum Gasteiger partial charge on any atom is -0.396 e. The molecule has 80 valence electrons. The van der Waals surface area contributed by atoms with Gasteiger partial charge in [-0.15, -0.1) is 0 Å². The third-order valence-corrected chi connectivity index (χ3v) is 2.98. The summed E-state index contributed by atoms with van der Waals surface area (Å²) < 4.78 is 0. The summed E-state index contributed by atoms with van der Waals surface area (Å²) in [7, 11) is 0. The van der Waals surface area contributed by atoms with E-state index in [9.17, 15) is 0 Å². The molecule has 0 bridgehead atoms. The van der Waals surface area contributed by atoms with Gasteiger partial charge in [-0.25, -0.2) is 0 Å². The van der Waals surface area contributed by atoms with E-state index in [1.165, 1.54) is 19.3 Å². The van der Waals surface area contributed by atoms with Gasteiger partial charge in [-0.05, 0) is 19.4 Å². The fraction of sp³-hybridized carbons (Fsp3) is 1.00. The van der Waals surface area contributed by atoms with Crippen molar-refractivity contribution in [2.75, 3.05) is 24.7 Å². The maximum absolute atomic E-state index is 8.64. The van der Waals surface area contributed by atoms with E-state index < -0.39 is 0 Å². The summed E-state index contributed by atoms with van der Waals surface area (Å²) in [4.78, 5) is 0. The maximum Gasteiger partial charge on any atom is 0.0521 e. The number of hydrogen-bond donors (Lipinski definition) is 2. The van der Waals surface area contributed by atoms with Crippen LogP contribution in [-0.4, -0.2) is 35.8 Å². The molecular weight excluding hydrogens is 182 g/mol. The Balaban J connectivity index is 3.41. The second kappa shape index (κ2) is 10.4. The van der Waals surface area contributed by atoms with Crippen LogP contribution in [-0.2, 0) is 0 Å². The van der Waals surface area contributed by atoms with Crippen molar-refractivity contribution in [1.29, 1.82) is 0 Å². The minimum atomic E-state index is 0.303. The Kier molecular flexibility index (Phi) is 10.6. The molecule has 0 saturated carbocycles. The van der Waals surface area contributed by atoms with E-state index in [1.54, 1.807) is 0 Å². The number of aliphatic hydroxyl groups is 1. The van der Waals surface area contributed by atoms with Gasteiger partial charge in [0.25, 0.3) is 0 Å². The third kappa shape index (κ3) is 8.60. The Labute approximate surface area is 86.5 Å². The molecule has 0 amide bonds. The highest BCUT2D eigenvalue weighted by Crippen LogP contribution is 2.06. The van der Waals surface area contributed by atoms with Gasteiger partial charge in [-0.1, -0.05) is 20.3 Å². The number of aliphatic hydroxyl groups excluding tert-OH is 1. The van der Waals surface area contributed by atoms with E-state index in [2.05, 4.69) is 19.2 Å². The first kappa shape index (κ1) is 13.3. The minimum absolute atomic E-state index is 0.303. The predicted octanol–water partition coefficient (Wildman–Crippen LogP) is 1.88. The smallest absolute Gasteiger partial charge is 0.0521 e. The zero-order chi connectivity index (χ0) is 9.94. The average Bonchev–Trinajstić information content (AvgIpc) is 2.14. The van der Waals surface area contributed by atoms with Crippen LogP contribution in [0.4, 0.5) is 0 Å². The molecule has 0 heterocycles. The summed E-state index contributed by atoms with van der Waals surface area (Å²) in [5.41, 5.74) is 0. The standard InChI is InChI=1S/C10H23NOS/c1-3-5-10(11-6-4-2)9-13-8-7-12/h10-12H,3-9H2,1-2H3. The Hall–Kier alpha value is 0.270. The first-order valence-electron chi connectivity index (χ1n) is 5.27. The molecule has 0 aromatic heterocycles. The second-order valence-electron chi connectivity index (χ2n) is 3.24. The van der Waals surface area contributed by atoms with Crippen LogP contribution in [0.1, 0.15) is 33.1 Å². The molecule has 0 aliphatic carbocycles. The maximum atomic E-state index is 8.64. The van der Waals surface area contributed by atoms with Crippen molar-refractivity contribution >= 4 is 11.8 Å². The Morgan fingerprint density at radius 1 is 1.31 bits per heavy atom. The zero-order valence-electron chi connectivity index (χ0n) is 8.88. The zero-order valence-corrected chi connectivity index (χ0v) is 9.70. The quantitative estimate of drug-likeness (QED) is 0.564. The lowest BCUT2D eigenvalue weighted by molar-refractivity contribution is 0.322. The van der Waals surface area contributed by atoms with Gasteiger partial charge in [0.1, 0.15) is 0 Å². The topological polar surface area (TPSA) is 32.3 Å². The molecule has 0 aromatic carbocycles. The van der Waals surface area contributed by atoms with Gasteiger partial charge < -0.3 is 10.4 Å². The lowest BCUT2D eigenvalue weighted by Gasteiger charge is -2.16. The largest absolute Gasteiger partial charge is 0.396 e. The monoisotopic (exact) mass is 205 g/mol. The van der Waals surface area contributed by atoms with Crippen LogP contribution in [0.2, 0.25) is 0 Å². The lowest BCUT2D eigenvalue weighted by atomic mass is 10.2. The van der Waals surface area contributed by atoms with Gasteiger partial charge in [-0.2, -0.15) is 11.8 Å². The molecule has 1 atom stereocenters. The van der Waals surface area contributed by atoms with Crippen LogP contribution in [0.5, 0.6) is 0 Å². The van der Waals surface area contributed by atoms with Crippen molar-refractivity contribution in [3.8, 4) is 0 Å². The van der Waals surface area contributed by atoms with E-state index in [0.29, 0.717) is 12.6 Å². The van der Waals surface area contributed by atoms with Gasteiger partial charge in [0.05, 0.1) is 6.61 Å². The highest BCUT2D eigenvalue weighted by molar-refractivity contribution is 7.99. The average molecular weight is 205 g/mol. The fourth-order valence-corrected chi connectivity index (χ4v) is 2.10. The molecular formula is C10H23NOS. The molecule has 3 heteroatoms. The molecule has 0 saturated heterocycles. The van der Waals surface area contributed by atoms with Gasteiger partial charge >= 0.3 is 0 Å². The van der Waals surface area contributed by atoms with E-state index >= 15 is 0 Å². The molecule has 2 N–H and O–H groups in total. The number of nitrogens with one attached hydrogen (secondary N) is 1. The fourth-order valence-electron chi connectivity index (χ4n) is 1.23. The lowest BCUT2D eigenvalue weighted by Crippen LogP contribution is -2.32. The van der Waals surface area contributed by atoms with Crippen LogP contribution in [0.25, 0.3) is 0 Å². The first-order valence-corrected chi connectivity index (χ1v) is 6.42. The van der Waals surface area contributed by atoms with Crippen LogP contribution in [0.3, 0.4) is 0 Å². The Bertz CT molecular complexity index is 101.